The van der Waals surface area contributed by atoms with Crippen molar-refractivity contribution in [2.75, 3.05) is 0 Å². The van der Waals surface area contributed by atoms with Crippen molar-refractivity contribution in [3.8, 4) is 0 Å². The highest BCUT2D eigenvalue weighted by Crippen LogP contribution is 2.23. The molecular weight excluding hydrogens is 238 g/mol. The van der Waals surface area contributed by atoms with E-state index in [1.165, 1.54) is 0 Å². The molecule has 1 aliphatic heterocycles. The summed E-state index contributed by atoms with van der Waals surface area (Å²) in [6.07, 6.45) is 0. The van der Waals surface area contributed by atoms with Crippen LogP contribution in [-0.2, 0) is 0 Å². The monoisotopic (exact) mass is 241 g/mol. The first kappa shape index (κ1) is 10.7. The average molecular weight is 241 g/mol. The van der Waals surface area contributed by atoms with Gasteiger partial charge in [0.1, 0.15) is 0 Å². The lowest BCUT2D eigenvalue weighted by Gasteiger charge is -2.09. The maximum Gasteiger partial charge on any atom is 0.436 e. The summed E-state index contributed by atoms with van der Waals surface area (Å²) < 4.78 is 0. The number of nitrogens with two attached hydrogens (primary N) is 1. The van der Waals surface area contributed by atoms with Gasteiger partial charge in [-0.2, -0.15) is 0 Å². The van der Waals surface area contributed by atoms with E-state index in [9.17, 15) is 20.2 Å². The highest BCUT2D eigenvalue weighted by Gasteiger charge is 2.52. The number of hydrogen-bond acceptors (Lipinski definition) is 10. The molecule has 0 saturated heterocycles. The van der Waals surface area contributed by atoms with E-state index in [2.05, 4.69) is 25.8 Å². The third-order valence-electron chi connectivity index (χ3n) is 1.91. The second-order valence-electron chi connectivity index (χ2n) is 2.89. The summed E-state index contributed by atoms with van der Waals surface area (Å²) in [6.45, 7) is 0. The Morgan fingerprint density at radius 1 is 1.35 bits per heavy atom. The van der Waals surface area contributed by atoms with Crippen molar-refractivity contribution in [3.63, 3.8) is 0 Å². The van der Waals surface area contributed by atoms with Crippen molar-refractivity contribution in [1.82, 2.24) is 15.4 Å². The summed E-state index contributed by atoms with van der Waals surface area (Å²) in [5, 5.41) is 39.2. The first-order valence-electron chi connectivity index (χ1n) is 3.96. The van der Waals surface area contributed by atoms with E-state index in [-0.39, 0.29) is 0 Å². The molecule has 2 rings (SSSR count). The minimum atomic E-state index is -2.48. The van der Waals surface area contributed by atoms with Gasteiger partial charge in [0.15, 0.2) is 0 Å². The van der Waals surface area contributed by atoms with Gasteiger partial charge in [-0.25, -0.2) is 5.73 Å². The number of hydrogen-bond donors (Lipinski definition) is 2. The van der Waals surface area contributed by atoms with Gasteiger partial charge in [-0.15, -0.1) is 15.3 Å². The minimum absolute atomic E-state index is 0.473. The standard InChI is InChI=1S/C4H3N9O4/c5-4(13(16)17)2(7-11-9-4)1-3(12(14)15)8-10-6-1/h5H2,(H,6,8,10). The summed E-state index contributed by atoms with van der Waals surface area (Å²) in [7, 11) is 0. The lowest BCUT2D eigenvalue weighted by atomic mass is 10.1. The summed E-state index contributed by atoms with van der Waals surface area (Å²) in [4.78, 5) is 19.5. The molecule has 0 aliphatic carbocycles. The largest absolute Gasteiger partial charge is 0.436 e. The zero-order chi connectivity index (χ0) is 12.6. The molecule has 0 bridgehead atoms. The number of aromatic amines is 1. The molecule has 13 heteroatoms. The minimum Gasteiger partial charge on any atom is -0.358 e. The summed E-state index contributed by atoms with van der Waals surface area (Å²) in [5.41, 5.74) is 4.29. The van der Waals surface area contributed by atoms with Crippen molar-refractivity contribution in [1.29, 1.82) is 0 Å². The lowest BCUT2D eigenvalue weighted by Crippen LogP contribution is -2.52. The Morgan fingerprint density at radius 2 is 2.06 bits per heavy atom. The van der Waals surface area contributed by atoms with Crippen LogP contribution in [0.15, 0.2) is 15.4 Å². The summed E-state index contributed by atoms with van der Waals surface area (Å²) in [5.74, 6) is -3.16. The molecule has 0 aromatic carbocycles. The van der Waals surface area contributed by atoms with Gasteiger partial charge in [0.25, 0.3) is 0 Å². The molecular formula is C4H3N9O4. The molecule has 1 unspecified atom stereocenters. The first-order valence-corrected chi connectivity index (χ1v) is 3.96. The zero-order valence-electron chi connectivity index (χ0n) is 7.84. The third kappa shape index (κ3) is 1.41. The molecule has 0 spiro atoms. The Labute approximate surface area is 90.7 Å². The van der Waals surface area contributed by atoms with Gasteiger partial charge < -0.3 is 10.1 Å². The van der Waals surface area contributed by atoms with Gasteiger partial charge in [0, 0.05) is 5.21 Å². The molecule has 1 aromatic rings. The van der Waals surface area contributed by atoms with Crippen molar-refractivity contribution in [2.24, 2.45) is 21.2 Å². The van der Waals surface area contributed by atoms with Gasteiger partial charge in [-0.05, 0) is 10.1 Å². The number of nitrogens with one attached hydrogen (secondary N) is 1. The fourth-order valence-electron chi connectivity index (χ4n) is 1.11. The van der Waals surface area contributed by atoms with E-state index < -0.39 is 32.9 Å². The van der Waals surface area contributed by atoms with Gasteiger partial charge in [0.05, 0.1) is 4.92 Å². The van der Waals surface area contributed by atoms with Gasteiger partial charge in [-0.3, -0.25) is 10.1 Å². The normalized spacial score (nSPS) is 22.5. The van der Waals surface area contributed by atoms with Crippen LogP contribution in [0, 0.1) is 20.2 Å². The smallest absolute Gasteiger partial charge is 0.358 e. The van der Waals surface area contributed by atoms with Crippen molar-refractivity contribution in [2.45, 2.75) is 5.79 Å². The van der Waals surface area contributed by atoms with E-state index in [1.54, 1.807) is 0 Å². The molecule has 88 valence electrons. The maximum atomic E-state index is 10.7. The number of nitro groups is 2. The van der Waals surface area contributed by atoms with Gasteiger partial charge in [-0.1, -0.05) is 5.11 Å². The molecule has 0 radical (unpaired) electrons. The lowest BCUT2D eigenvalue weighted by molar-refractivity contribution is -0.544. The Morgan fingerprint density at radius 3 is 2.65 bits per heavy atom. The molecule has 0 amide bonds. The predicted octanol–water partition coefficient (Wildman–Crippen LogP) is -1.23. The molecule has 1 atom stereocenters. The van der Waals surface area contributed by atoms with Crippen LogP contribution < -0.4 is 5.73 Å². The van der Waals surface area contributed by atoms with E-state index in [0.29, 0.717) is 0 Å². The number of aromatic nitrogens is 3. The van der Waals surface area contributed by atoms with E-state index in [0.717, 1.165) is 0 Å². The van der Waals surface area contributed by atoms with Gasteiger partial charge in [0.2, 0.25) is 11.4 Å². The fourth-order valence-corrected chi connectivity index (χ4v) is 1.11. The number of nitrogens with zero attached hydrogens (tertiary/aromatic N) is 7. The van der Waals surface area contributed by atoms with Crippen LogP contribution in [0.1, 0.15) is 5.69 Å². The molecule has 1 aromatic heterocycles. The molecule has 17 heavy (non-hydrogen) atoms. The quantitative estimate of drug-likeness (QED) is 0.375. The van der Waals surface area contributed by atoms with Crippen LogP contribution in [0.25, 0.3) is 0 Å². The van der Waals surface area contributed by atoms with Crippen LogP contribution in [0.2, 0.25) is 0 Å². The van der Waals surface area contributed by atoms with Crippen LogP contribution in [0.5, 0.6) is 0 Å². The molecule has 3 N–H and O–H groups in total. The van der Waals surface area contributed by atoms with E-state index >= 15 is 0 Å². The van der Waals surface area contributed by atoms with Gasteiger partial charge >= 0.3 is 11.6 Å². The maximum absolute atomic E-state index is 10.7. The molecule has 2 heterocycles. The Balaban J connectivity index is 2.52. The highest BCUT2D eigenvalue weighted by atomic mass is 16.6. The summed E-state index contributed by atoms with van der Waals surface area (Å²) >= 11 is 0. The molecule has 0 saturated carbocycles. The number of H-pyrrole nitrogens is 1. The summed E-state index contributed by atoms with van der Waals surface area (Å²) in [6, 6.07) is 0. The Bertz CT molecular complexity index is 559. The van der Waals surface area contributed by atoms with E-state index in [4.69, 9.17) is 5.73 Å². The zero-order valence-corrected chi connectivity index (χ0v) is 7.84. The topological polar surface area (TPSA) is 191 Å². The predicted molar refractivity (Wildman–Crippen MR) is 48.3 cm³/mol. The van der Waals surface area contributed by atoms with Crippen molar-refractivity contribution >= 4 is 11.5 Å². The molecule has 1 aliphatic rings. The molecule has 13 nitrogen and oxygen atoms in total. The van der Waals surface area contributed by atoms with Crippen LogP contribution in [-0.4, -0.2) is 36.8 Å². The van der Waals surface area contributed by atoms with Crippen molar-refractivity contribution in [3.05, 3.63) is 25.9 Å². The van der Waals surface area contributed by atoms with Crippen LogP contribution in [0.3, 0.4) is 0 Å². The SMILES string of the molecule is NC1([N+](=O)[O-])N=NN=C1c1nn[nH]c1[N+](=O)[O-]. The van der Waals surface area contributed by atoms with Crippen LogP contribution in [0.4, 0.5) is 5.82 Å². The fraction of sp³-hybridized carbons (Fsp3) is 0.250. The first-order chi connectivity index (χ1) is 7.97. The van der Waals surface area contributed by atoms with Crippen LogP contribution >= 0.6 is 0 Å². The Kier molecular flexibility index (Phi) is 2.10. The van der Waals surface area contributed by atoms with Crippen molar-refractivity contribution < 1.29 is 9.85 Å². The second kappa shape index (κ2) is 3.34. The van der Waals surface area contributed by atoms with E-state index in [1.807, 2.05) is 5.10 Å². The second-order valence-corrected chi connectivity index (χ2v) is 2.89. The average Bonchev–Trinajstić information content (AvgIpc) is 2.83. The molecule has 0 fully saturated rings. The number of rotatable bonds is 3. The third-order valence-corrected chi connectivity index (χ3v) is 1.91. The Hall–Kier alpha value is -2.83. The highest BCUT2D eigenvalue weighted by molar-refractivity contribution is 6.07.